The van der Waals surface area contributed by atoms with Crippen molar-refractivity contribution >= 4 is 5.97 Å². The molecule has 0 aromatic carbocycles. The molecular formula is C9H13NO3. The van der Waals surface area contributed by atoms with Crippen LogP contribution >= 0.6 is 0 Å². The van der Waals surface area contributed by atoms with Gasteiger partial charge in [-0.2, -0.15) is 5.06 Å². The van der Waals surface area contributed by atoms with Crippen LogP contribution in [0.2, 0.25) is 0 Å². The van der Waals surface area contributed by atoms with Gasteiger partial charge in [0.15, 0.2) is 0 Å². The van der Waals surface area contributed by atoms with E-state index in [0.29, 0.717) is 12.1 Å². The maximum Gasteiger partial charge on any atom is 0.313 e. The molecule has 0 saturated carbocycles. The number of rotatable bonds is 1. The first kappa shape index (κ1) is 7.76. The van der Waals surface area contributed by atoms with E-state index in [1.54, 1.807) is 0 Å². The zero-order valence-corrected chi connectivity index (χ0v) is 7.60. The largest absolute Gasteiger partial charge is 0.469 e. The first-order valence-electron chi connectivity index (χ1n) is 4.84. The van der Waals surface area contributed by atoms with Gasteiger partial charge in [-0.15, -0.1) is 0 Å². The second-order valence-corrected chi connectivity index (χ2v) is 4.09. The van der Waals surface area contributed by atoms with Crippen molar-refractivity contribution in [1.29, 1.82) is 0 Å². The summed E-state index contributed by atoms with van der Waals surface area (Å²) in [5, 5.41) is 2.03. The Balaban J connectivity index is 1.88. The van der Waals surface area contributed by atoms with E-state index in [1.807, 2.05) is 5.06 Å². The lowest BCUT2D eigenvalue weighted by Gasteiger charge is -2.23. The van der Waals surface area contributed by atoms with Gasteiger partial charge >= 0.3 is 5.97 Å². The molecule has 0 radical (unpaired) electrons. The molecule has 0 aromatic heterocycles. The lowest BCUT2D eigenvalue weighted by atomic mass is 9.91. The van der Waals surface area contributed by atoms with E-state index in [0.717, 1.165) is 12.8 Å². The Hall–Kier alpha value is -0.610. The Labute approximate surface area is 76.7 Å². The zero-order chi connectivity index (χ0) is 9.00. The number of nitrogens with zero attached hydrogens (tertiary/aromatic N) is 1. The van der Waals surface area contributed by atoms with Crippen molar-refractivity contribution in [3.63, 3.8) is 0 Å². The highest BCUT2D eigenvalue weighted by Crippen LogP contribution is 2.48. The van der Waals surface area contributed by atoms with Crippen LogP contribution in [0.5, 0.6) is 0 Å². The molecular weight excluding hydrogens is 170 g/mol. The SMILES string of the molecule is COC(=O)[C@H]1[C@@H]2C[C@@H]3CC[C@H]1N3O2. The number of hydrogen-bond donors (Lipinski definition) is 0. The van der Waals surface area contributed by atoms with Crippen LogP contribution in [-0.2, 0) is 14.4 Å². The Morgan fingerprint density at radius 3 is 3.15 bits per heavy atom. The van der Waals surface area contributed by atoms with Crippen LogP contribution in [0.4, 0.5) is 0 Å². The molecule has 4 nitrogen and oxygen atoms in total. The highest BCUT2D eigenvalue weighted by Gasteiger charge is 2.59. The minimum absolute atomic E-state index is 0.0243. The van der Waals surface area contributed by atoms with Crippen molar-refractivity contribution in [1.82, 2.24) is 5.06 Å². The summed E-state index contributed by atoms with van der Waals surface area (Å²) < 4.78 is 4.79. The number of hydrogen-bond acceptors (Lipinski definition) is 4. The van der Waals surface area contributed by atoms with Crippen LogP contribution in [0.3, 0.4) is 0 Å². The van der Waals surface area contributed by atoms with Crippen LogP contribution in [0.1, 0.15) is 19.3 Å². The molecule has 0 amide bonds. The molecule has 0 N–H and O–H groups in total. The molecule has 13 heavy (non-hydrogen) atoms. The van der Waals surface area contributed by atoms with Gasteiger partial charge in [0.05, 0.1) is 19.3 Å². The predicted octanol–water partition coefficient (Wildman–Crippen LogP) is 0.326. The number of methoxy groups -OCH3 is 1. The standard InChI is InChI=1S/C9H13NO3/c1-12-9(11)8-6-3-2-5-4-7(8)13-10(5)6/h5-8H,2-4H2,1H3/t5-,6+,7-,8+/m0/s1. The van der Waals surface area contributed by atoms with Crippen molar-refractivity contribution < 1.29 is 14.4 Å². The van der Waals surface area contributed by atoms with Crippen molar-refractivity contribution in [3.8, 4) is 0 Å². The van der Waals surface area contributed by atoms with Gasteiger partial charge in [0.1, 0.15) is 5.92 Å². The van der Waals surface area contributed by atoms with E-state index in [-0.39, 0.29) is 18.0 Å². The monoisotopic (exact) mass is 183 g/mol. The number of fused-ring (bicyclic) bond motifs is 1. The van der Waals surface area contributed by atoms with Crippen molar-refractivity contribution in [2.24, 2.45) is 5.92 Å². The van der Waals surface area contributed by atoms with Gasteiger partial charge in [-0.05, 0) is 19.3 Å². The van der Waals surface area contributed by atoms with Crippen LogP contribution < -0.4 is 0 Å². The molecule has 3 aliphatic heterocycles. The normalized spacial score (nSPS) is 47.2. The van der Waals surface area contributed by atoms with Gasteiger partial charge in [-0.1, -0.05) is 0 Å². The summed E-state index contributed by atoms with van der Waals surface area (Å²) in [5.41, 5.74) is 0. The first-order valence-corrected chi connectivity index (χ1v) is 4.84. The summed E-state index contributed by atoms with van der Waals surface area (Å²) in [7, 11) is 1.45. The van der Waals surface area contributed by atoms with Crippen molar-refractivity contribution in [2.45, 2.75) is 37.5 Å². The number of carbonyl (C=O) groups excluding carboxylic acids is 1. The molecule has 4 heteroatoms. The topological polar surface area (TPSA) is 38.8 Å². The first-order chi connectivity index (χ1) is 6.31. The molecule has 72 valence electrons. The molecule has 3 heterocycles. The third kappa shape index (κ3) is 0.849. The van der Waals surface area contributed by atoms with Gasteiger partial charge in [-0.25, -0.2) is 0 Å². The molecule has 3 saturated heterocycles. The predicted molar refractivity (Wildman–Crippen MR) is 43.6 cm³/mol. The Morgan fingerprint density at radius 2 is 2.38 bits per heavy atom. The number of ether oxygens (including phenoxy) is 1. The smallest absolute Gasteiger partial charge is 0.313 e. The van der Waals surface area contributed by atoms with Crippen LogP contribution in [-0.4, -0.2) is 36.3 Å². The third-order valence-corrected chi connectivity index (χ3v) is 3.53. The number of esters is 1. The quantitative estimate of drug-likeness (QED) is 0.549. The van der Waals surface area contributed by atoms with Gasteiger partial charge in [0, 0.05) is 6.04 Å². The molecule has 0 aliphatic carbocycles. The van der Waals surface area contributed by atoms with Crippen LogP contribution in [0.25, 0.3) is 0 Å². The zero-order valence-electron chi connectivity index (χ0n) is 7.60. The Kier molecular flexibility index (Phi) is 1.46. The number of hydroxylamine groups is 2. The highest BCUT2D eigenvalue weighted by molar-refractivity contribution is 5.74. The van der Waals surface area contributed by atoms with Gasteiger partial charge in [0.2, 0.25) is 0 Å². The van der Waals surface area contributed by atoms with E-state index in [9.17, 15) is 4.79 Å². The average Bonchev–Trinajstić information content (AvgIpc) is 2.71. The summed E-state index contributed by atoms with van der Waals surface area (Å²) in [5.74, 6) is -0.124. The lowest BCUT2D eigenvalue weighted by molar-refractivity contribution is -0.147. The second kappa shape index (κ2) is 2.45. The van der Waals surface area contributed by atoms with E-state index < -0.39 is 0 Å². The molecule has 3 fully saturated rings. The fourth-order valence-electron chi connectivity index (χ4n) is 2.98. The highest BCUT2D eigenvalue weighted by atomic mass is 16.7. The fourth-order valence-corrected chi connectivity index (χ4v) is 2.98. The molecule has 0 aromatic rings. The van der Waals surface area contributed by atoms with E-state index in [1.165, 1.54) is 13.5 Å². The third-order valence-electron chi connectivity index (χ3n) is 3.53. The lowest BCUT2D eigenvalue weighted by Crippen LogP contribution is -2.40. The molecule has 3 aliphatic rings. The minimum Gasteiger partial charge on any atom is -0.469 e. The van der Waals surface area contributed by atoms with E-state index in [4.69, 9.17) is 9.57 Å². The number of piperidine rings is 1. The molecule has 4 atom stereocenters. The molecule has 0 unspecified atom stereocenters. The maximum atomic E-state index is 11.5. The second-order valence-electron chi connectivity index (χ2n) is 4.09. The summed E-state index contributed by atoms with van der Waals surface area (Å²) in [6.07, 6.45) is 3.37. The van der Waals surface area contributed by atoms with E-state index in [2.05, 4.69) is 0 Å². The Bertz CT molecular complexity index is 253. The number of carbonyl (C=O) groups is 1. The summed E-state index contributed by atoms with van der Waals surface area (Å²) >= 11 is 0. The van der Waals surface area contributed by atoms with Gasteiger partial charge in [-0.3, -0.25) is 9.63 Å². The molecule has 0 spiro atoms. The fraction of sp³-hybridized carbons (Fsp3) is 0.889. The summed E-state index contributed by atoms with van der Waals surface area (Å²) in [4.78, 5) is 17.1. The van der Waals surface area contributed by atoms with Crippen molar-refractivity contribution in [2.75, 3.05) is 7.11 Å². The van der Waals surface area contributed by atoms with Gasteiger partial charge in [0.25, 0.3) is 0 Å². The molecule has 2 bridgehead atoms. The van der Waals surface area contributed by atoms with Gasteiger partial charge < -0.3 is 4.74 Å². The average molecular weight is 183 g/mol. The molecule has 3 rings (SSSR count). The summed E-state index contributed by atoms with van der Waals surface area (Å²) in [6, 6.07) is 0.882. The minimum atomic E-state index is -0.0992. The van der Waals surface area contributed by atoms with Crippen LogP contribution in [0, 0.1) is 5.92 Å². The summed E-state index contributed by atoms with van der Waals surface area (Å²) in [6.45, 7) is 0. The Morgan fingerprint density at radius 1 is 1.54 bits per heavy atom. The van der Waals surface area contributed by atoms with Crippen molar-refractivity contribution in [3.05, 3.63) is 0 Å². The van der Waals surface area contributed by atoms with Crippen LogP contribution in [0.15, 0.2) is 0 Å². The maximum absolute atomic E-state index is 11.5. The van der Waals surface area contributed by atoms with E-state index >= 15 is 0 Å².